The van der Waals surface area contributed by atoms with Crippen molar-refractivity contribution in [1.29, 1.82) is 0 Å². The molecule has 0 heterocycles. The van der Waals surface area contributed by atoms with Crippen molar-refractivity contribution < 1.29 is 10.0 Å². The van der Waals surface area contributed by atoms with E-state index in [0.29, 0.717) is 24.4 Å². The van der Waals surface area contributed by atoms with Gasteiger partial charge in [-0.1, -0.05) is 15.9 Å². The normalized spacial score (nSPS) is 14.1. The summed E-state index contributed by atoms with van der Waals surface area (Å²) in [4.78, 5) is 10.5. The Morgan fingerprint density at radius 2 is 2.26 bits per heavy atom. The molecule has 0 fully saturated rings. The molecule has 1 atom stereocenters. The van der Waals surface area contributed by atoms with E-state index in [2.05, 4.69) is 21.2 Å². The zero-order valence-corrected chi connectivity index (χ0v) is 13.3. The monoisotopic (exact) mass is 348 g/mol. The fraction of sp³-hybridized carbons (Fsp3) is 0.500. The number of nitrogens with zero attached hydrogens (tertiary/aromatic N) is 1. The highest BCUT2D eigenvalue weighted by atomic mass is 79.9. The average molecular weight is 349 g/mol. The summed E-state index contributed by atoms with van der Waals surface area (Å²) in [5, 5.41) is 24.0. The SMILES string of the molecule is CSCC(C)(O)CNCc1cc(Br)ccc1[N+](=O)[O-]. The minimum absolute atomic E-state index is 0.0835. The molecule has 0 radical (unpaired) electrons. The quantitative estimate of drug-likeness (QED) is 0.585. The lowest BCUT2D eigenvalue weighted by Crippen LogP contribution is -2.39. The zero-order valence-electron chi connectivity index (χ0n) is 10.9. The lowest BCUT2D eigenvalue weighted by Gasteiger charge is -2.22. The maximum atomic E-state index is 10.9. The number of halogens is 1. The molecule has 0 bridgehead atoms. The van der Waals surface area contributed by atoms with Crippen LogP contribution in [-0.4, -0.2) is 34.2 Å². The van der Waals surface area contributed by atoms with Crippen LogP contribution in [0.5, 0.6) is 0 Å². The van der Waals surface area contributed by atoms with E-state index in [1.54, 1.807) is 30.8 Å². The van der Waals surface area contributed by atoms with Crippen LogP contribution < -0.4 is 5.32 Å². The fourth-order valence-electron chi connectivity index (χ4n) is 1.70. The van der Waals surface area contributed by atoms with Gasteiger partial charge in [0.2, 0.25) is 0 Å². The molecular weight excluding hydrogens is 332 g/mol. The van der Waals surface area contributed by atoms with E-state index in [-0.39, 0.29) is 5.69 Å². The van der Waals surface area contributed by atoms with Gasteiger partial charge in [0.15, 0.2) is 0 Å². The Bertz CT molecular complexity index is 455. The third-order valence-electron chi connectivity index (χ3n) is 2.51. The molecule has 1 rings (SSSR count). The highest BCUT2D eigenvalue weighted by Gasteiger charge is 2.20. The van der Waals surface area contributed by atoms with Gasteiger partial charge in [-0.3, -0.25) is 10.1 Å². The van der Waals surface area contributed by atoms with Crippen LogP contribution in [0.15, 0.2) is 22.7 Å². The van der Waals surface area contributed by atoms with Crippen LogP contribution >= 0.6 is 27.7 Å². The van der Waals surface area contributed by atoms with E-state index in [4.69, 9.17) is 0 Å². The van der Waals surface area contributed by atoms with Crippen molar-refractivity contribution in [3.05, 3.63) is 38.3 Å². The standard InChI is InChI=1S/C12H17BrN2O3S/c1-12(16,8-19-2)7-14-6-9-5-10(13)3-4-11(9)15(17)18/h3-5,14,16H,6-8H2,1-2H3. The molecule has 0 saturated heterocycles. The zero-order chi connectivity index (χ0) is 14.5. The molecule has 1 unspecified atom stereocenters. The van der Waals surface area contributed by atoms with Crippen LogP contribution in [0.4, 0.5) is 5.69 Å². The van der Waals surface area contributed by atoms with Crippen molar-refractivity contribution in [3.8, 4) is 0 Å². The average Bonchev–Trinajstić information content (AvgIpc) is 2.28. The summed E-state index contributed by atoms with van der Waals surface area (Å²) in [7, 11) is 0. The molecule has 0 aliphatic carbocycles. The van der Waals surface area contributed by atoms with Crippen LogP contribution in [0.2, 0.25) is 0 Å². The number of nitro groups is 1. The summed E-state index contributed by atoms with van der Waals surface area (Å²) in [5.74, 6) is 0.612. The van der Waals surface area contributed by atoms with Crippen molar-refractivity contribution >= 4 is 33.4 Å². The van der Waals surface area contributed by atoms with E-state index < -0.39 is 10.5 Å². The summed E-state index contributed by atoms with van der Waals surface area (Å²) >= 11 is 4.86. The van der Waals surface area contributed by atoms with Crippen molar-refractivity contribution in [3.63, 3.8) is 0 Å². The number of thioether (sulfide) groups is 1. The molecule has 19 heavy (non-hydrogen) atoms. The minimum Gasteiger partial charge on any atom is -0.388 e. The number of nitrogens with one attached hydrogen (secondary N) is 1. The summed E-state index contributed by atoms with van der Waals surface area (Å²) in [6, 6.07) is 4.83. The second kappa shape index (κ2) is 7.23. The number of benzene rings is 1. The van der Waals surface area contributed by atoms with Gasteiger partial charge in [0.1, 0.15) is 0 Å². The van der Waals surface area contributed by atoms with E-state index in [9.17, 15) is 15.2 Å². The molecule has 1 aromatic carbocycles. The summed E-state index contributed by atoms with van der Waals surface area (Å²) < 4.78 is 0.797. The molecule has 106 valence electrons. The van der Waals surface area contributed by atoms with Gasteiger partial charge in [0.05, 0.1) is 10.5 Å². The van der Waals surface area contributed by atoms with Crippen molar-refractivity contribution in [2.75, 3.05) is 18.6 Å². The van der Waals surface area contributed by atoms with Crippen LogP contribution in [-0.2, 0) is 6.54 Å². The van der Waals surface area contributed by atoms with Gasteiger partial charge >= 0.3 is 0 Å². The third kappa shape index (κ3) is 5.48. The number of hydrogen-bond donors (Lipinski definition) is 2. The van der Waals surface area contributed by atoms with Crippen molar-refractivity contribution in [2.45, 2.75) is 19.1 Å². The summed E-state index contributed by atoms with van der Waals surface area (Å²) in [5.41, 5.74) is -0.139. The number of aliphatic hydroxyl groups is 1. The van der Waals surface area contributed by atoms with Crippen molar-refractivity contribution in [2.24, 2.45) is 0 Å². The Morgan fingerprint density at radius 3 is 2.84 bits per heavy atom. The van der Waals surface area contributed by atoms with Crippen LogP contribution in [0, 0.1) is 10.1 Å². The van der Waals surface area contributed by atoms with Crippen LogP contribution in [0.3, 0.4) is 0 Å². The number of nitro benzene ring substituents is 1. The molecule has 0 spiro atoms. The summed E-state index contributed by atoms with van der Waals surface area (Å²) in [6.07, 6.45) is 1.92. The first-order valence-corrected chi connectivity index (χ1v) is 7.89. The maximum Gasteiger partial charge on any atom is 0.273 e. The Kier molecular flexibility index (Phi) is 6.25. The number of rotatable bonds is 7. The van der Waals surface area contributed by atoms with E-state index in [1.165, 1.54) is 6.07 Å². The molecule has 1 aromatic rings. The largest absolute Gasteiger partial charge is 0.388 e. The second-order valence-corrected chi connectivity index (χ2v) is 6.35. The van der Waals surface area contributed by atoms with Gasteiger partial charge in [-0.2, -0.15) is 11.8 Å². The van der Waals surface area contributed by atoms with Crippen LogP contribution in [0.1, 0.15) is 12.5 Å². The smallest absolute Gasteiger partial charge is 0.273 e. The molecule has 5 nitrogen and oxygen atoms in total. The minimum atomic E-state index is -0.819. The molecule has 0 amide bonds. The van der Waals surface area contributed by atoms with Gasteiger partial charge < -0.3 is 10.4 Å². The Morgan fingerprint density at radius 1 is 1.58 bits per heavy atom. The lowest BCUT2D eigenvalue weighted by atomic mass is 10.1. The molecule has 0 aliphatic rings. The van der Waals surface area contributed by atoms with Gasteiger partial charge in [0, 0.05) is 34.9 Å². The number of hydrogen-bond acceptors (Lipinski definition) is 5. The highest BCUT2D eigenvalue weighted by molar-refractivity contribution is 9.10. The Balaban J connectivity index is 2.67. The Hall–Kier alpha value is -0.630. The third-order valence-corrected chi connectivity index (χ3v) is 3.92. The molecule has 7 heteroatoms. The molecule has 0 aliphatic heterocycles. The van der Waals surface area contributed by atoms with Crippen LogP contribution in [0.25, 0.3) is 0 Å². The van der Waals surface area contributed by atoms with E-state index >= 15 is 0 Å². The first-order chi connectivity index (χ1) is 8.85. The molecule has 0 saturated carbocycles. The van der Waals surface area contributed by atoms with Gasteiger partial charge in [0.25, 0.3) is 5.69 Å². The Labute approximate surface area is 125 Å². The lowest BCUT2D eigenvalue weighted by molar-refractivity contribution is -0.385. The van der Waals surface area contributed by atoms with Gasteiger partial charge in [-0.05, 0) is 25.3 Å². The van der Waals surface area contributed by atoms with Gasteiger partial charge in [-0.25, -0.2) is 0 Å². The van der Waals surface area contributed by atoms with E-state index in [1.807, 2.05) is 6.26 Å². The predicted octanol–water partition coefficient (Wildman–Crippen LogP) is 2.56. The first kappa shape index (κ1) is 16.4. The second-order valence-electron chi connectivity index (χ2n) is 4.56. The molecular formula is C12H17BrN2O3S. The fourth-order valence-corrected chi connectivity index (χ4v) is 2.83. The maximum absolute atomic E-state index is 10.9. The topological polar surface area (TPSA) is 75.4 Å². The first-order valence-electron chi connectivity index (χ1n) is 5.70. The molecule has 2 N–H and O–H groups in total. The predicted molar refractivity (Wildman–Crippen MR) is 81.5 cm³/mol. The van der Waals surface area contributed by atoms with Crippen molar-refractivity contribution in [1.82, 2.24) is 5.32 Å². The molecule has 0 aromatic heterocycles. The summed E-state index contributed by atoms with van der Waals surface area (Å²) in [6.45, 7) is 2.48. The highest BCUT2D eigenvalue weighted by Crippen LogP contribution is 2.23. The van der Waals surface area contributed by atoms with Gasteiger partial charge in [-0.15, -0.1) is 0 Å². The van der Waals surface area contributed by atoms with E-state index in [0.717, 1.165) is 4.47 Å².